The number of hydrogen-bond donors (Lipinski definition) is 2. The molecular formula is C40H83NO14. The van der Waals surface area contributed by atoms with Crippen LogP contribution in [0.4, 0.5) is 0 Å². The highest BCUT2D eigenvalue weighted by Crippen LogP contribution is 2.11. The predicted octanol–water partition coefficient (Wildman–Crippen LogP) is 3.39. The number of ether oxygens (including phenoxy) is 12. The summed E-state index contributed by atoms with van der Waals surface area (Å²) in [6.45, 7) is 17.4. The maximum absolute atomic E-state index is 8.66. The monoisotopic (exact) mass is 802 g/mol. The van der Waals surface area contributed by atoms with Gasteiger partial charge in [-0.2, -0.15) is 0 Å². The Hall–Kier alpha value is -0.600. The highest BCUT2D eigenvalue weighted by atomic mass is 16.6. The van der Waals surface area contributed by atoms with Crippen molar-refractivity contribution in [3.63, 3.8) is 0 Å². The number of nitrogens with zero attached hydrogens (tertiary/aromatic N) is 1. The van der Waals surface area contributed by atoms with Crippen LogP contribution in [0.25, 0.3) is 0 Å². The first kappa shape index (κ1) is 54.4. The lowest BCUT2D eigenvalue weighted by atomic mass is 10.1. The zero-order valence-corrected chi connectivity index (χ0v) is 34.8. The van der Waals surface area contributed by atoms with Crippen molar-refractivity contribution < 1.29 is 67.1 Å². The minimum absolute atomic E-state index is 0.0256. The Kier molecular flexibility index (Phi) is 50.9. The van der Waals surface area contributed by atoms with E-state index in [-0.39, 0.29) is 13.2 Å². The summed E-state index contributed by atoms with van der Waals surface area (Å²) in [6, 6.07) is 0. The van der Waals surface area contributed by atoms with E-state index in [2.05, 4.69) is 11.8 Å². The van der Waals surface area contributed by atoms with Crippen LogP contribution in [0.1, 0.15) is 71.1 Å². The van der Waals surface area contributed by atoms with Crippen molar-refractivity contribution in [1.29, 1.82) is 0 Å². The normalized spacial score (nSPS) is 11.8. The van der Waals surface area contributed by atoms with E-state index in [9.17, 15) is 0 Å². The molecule has 0 aliphatic rings. The molecule has 0 saturated heterocycles. The fraction of sp³-hybridized carbons (Fsp3) is 1.00. The number of hydrogen-bond acceptors (Lipinski definition) is 15. The van der Waals surface area contributed by atoms with Crippen LogP contribution in [-0.4, -0.2) is 207 Å². The standard InChI is InChI=1S/C40H83NO14/c1-2-3-4-5-6-7-8-9-10-11-12-41(13-17-44-21-25-48-29-33-52-35-31-50-27-23-46-19-15-42)14-18-45-22-26-49-30-34-53-37-39-55-40-38-54-36-32-51-28-24-47-20-16-43/h42-43H,2-40H2,1H3. The van der Waals surface area contributed by atoms with Crippen LogP contribution in [0.5, 0.6) is 0 Å². The van der Waals surface area contributed by atoms with E-state index in [0.717, 1.165) is 19.6 Å². The molecule has 0 unspecified atom stereocenters. The van der Waals surface area contributed by atoms with Crippen LogP contribution in [0, 0.1) is 0 Å². The molecule has 0 aromatic carbocycles. The molecule has 0 aliphatic heterocycles. The van der Waals surface area contributed by atoms with Crippen LogP contribution in [-0.2, 0) is 56.8 Å². The van der Waals surface area contributed by atoms with E-state index >= 15 is 0 Å². The fourth-order valence-electron chi connectivity index (χ4n) is 5.08. The third-order valence-electron chi connectivity index (χ3n) is 8.12. The van der Waals surface area contributed by atoms with Crippen molar-refractivity contribution >= 4 is 0 Å². The van der Waals surface area contributed by atoms with E-state index < -0.39 is 0 Å². The van der Waals surface area contributed by atoms with Crippen LogP contribution in [0.2, 0.25) is 0 Å². The van der Waals surface area contributed by atoms with E-state index in [1.165, 1.54) is 64.2 Å². The van der Waals surface area contributed by atoms with Crippen LogP contribution >= 0.6 is 0 Å². The Labute approximate surface area is 334 Å². The fourth-order valence-corrected chi connectivity index (χ4v) is 5.08. The Morgan fingerprint density at radius 3 is 0.727 bits per heavy atom. The van der Waals surface area contributed by atoms with E-state index in [4.69, 9.17) is 67.1 Å². The molecule has 332 valence electrons. The van der Waals surface area contributed by atoms with Crippen molar-refractivity contribution in [3.05, 3.63) is 0 Å². The van der Waals surface area contributed by atoms with E-state index in [1.54, 1.807) is 0 Å². The van der Waals surface area contributed by atoms with Gasteiger partial charge < -0.3 is 67.1 Å². The summed E-state index contributed by atoms with van der Waals surface area (Å²) in [5, 5.41) is 17.3. The van der Waals surface area contributed by atoms with Gasteiger partial charge in [0.2, 0.25) is 0 Å². The molecule has 0 heterocycles. The van der Waals surface area contributed by atoms with Crippen LogP contribution in [0.3, 0.4) is 0 Å². The van der Waals surface area contributed by atoms with Gasteiger partial charge in [-0.3, -0.25) is 4.90 Å². The zero-order valence-electron chi connectivity index (χ0n) is 34.8. The lowest BCUT2D eigenvalue weighted by molar-refractivity contribution is -0.0224. The summed E-state index contributed by atoms with van der Waals surface area (Å²) >= 11 is 0. The summed E-state index contributed by atoms with van der Waals surface area (Å²) in [5.41, 5.74) is 0. The van der Waals surface area contributed by atoms with E-state index in [0.29, 0.717) is 159 Å². The van der Waals surface area contributed by atoms with Gasteiger partial charge in [0, 0.05) is 13.1 Å². The predicted molar refractivity (Wildman–Crippen MR) is 212 cm³/mol. The number of unbranched alkanes of at least 4 members (excludes halogenated alkanes) is 9. The topological polar surface area (TPSA) is 154 Å². The number of aliphatic hydroxyl groups is 2. The second-order valence-electron chi connectivity index (χ2n) is 12.8. The zero-order chi connectivity index (χ0) is 39.6. The SMILES string of the molecule is CCCCCCCCCCCCN(CCOCCOCCOCCOCCOCCO)CCOCCOCCOCCOCCOCCOCCOCCO. The second-order valence-corrected chi connectivity index (χ2v) is 12.8. The van der Waals surface area contributed by atoms with Crippen molar-refractivity contribution in [2.24, 2.45) is 0 Å². The van der Waals surface area contributed by atoms with Crippen molar-refractivity contribution in [2.75, 3.05) is 191 Å². The first-order valence-corrected chi connectivity index (χ1v) is 21.2. The van der Waals surface area contributed by atoms with Gasteiger partial charge in [0.25, 0.3) is 0 Å². The highest BCUT2D eigenvalue weighted by molar-refractivity contribution is 4.59. The molecule has 0 aliphatic carbocycles. The minimum Gasteiger partial charge on any atom is -0.394 e. The molecule has 0 aromatic heterocycles. The third kappa shape index (κ3) is 49.5. The van der Waals surface area contributed by atoms with E-state index in [1.807, 2.05) is 0 Å². The van der Waals surface area contributed by atoms with Crippen molar-refractivity contribution in [1.82, 2.24) is 4.90 Å². The minimum atomic E-state index is 0.0256. The molecule has 15 heteroatoms. The smallest absolute Gasteiger partial charge is 0.0701 e. The summed E-state index contributed by atoms with van der Waals surface area (Å²) in [4.78, 5) is 2.44. The summed E-state index contributed by atoms with van der Waals surface area (Å²) in [5.74, 6) is 0. The van der Waals surface area contributed by atoms with Crippen LogP contribution in [0.15, 0.2) is 0 Å². The summed E-state index contributed by atoms with van der Waals surface area (Å²) in [6.07, 6.45) is 13.3. The summed E-state index contributed by atoms with van der Waals surface area (Å²) in [7, 11) is 0. The Balaban J connectivity index is 3.81. The first-order valence-electron chi connectivity index (χ1n) is 21.2. The maximum Gasteiger partial charge on any atom is 0.0701 e. The molecule has 0 fully saturated rings. The van der Waals surface area contributed by atoms with Gasteiger partial charge >= 0.3 is 0 Å². The molecule has 0 aromatic rings. The van der Waals surface area contributed by atoms with Crippen LogP contribution < -0.4 is 0 Å². The van der Waals surface area contributed by atoms with Gasteiger partial charge in [0.15, 0.2) is 0 Å². The van der Waals surface area contributed by atoms with Gasteiger partial charge in [-0.15, -0.1) is 0 Å². The quantitative estimate of drug-likeness (QED) is 0.0864. The van der Waals surface area contributed by atoms with Gasteiger partial charge in [-0.1, -0.05) is 64.7 Å². The molecular weight excluding hydrogens is 718 g/mol. The molecule has 55 heavy (non-hydrogen) atoms. The molecule has 0 bridgehead atoms. The molecule has 0 spiro atoms. The third-order valence-corrected chi connectivity index (χ3v) is 8.12. The van der Waals surface area contributed by atoms with Gasteiger partial charge in [0.05, 0.1) is 172 Å². The number of rotatable bonds is 51. The molecule has 0 saturated carbocycles. The van der Waals surface area contributed by atoms with Gasteiger partial charge in [-0.05, 0) is 13.0 Å². The lowest BCUT2D eigenvalue weighted by Crippen LogP contribution is -2.32. The van der Waals surface area contributed by atoms with Crippen molar-refractivity contribution in [2.45, 2.75) is 71.1 Å². The summed E-state index contributed by atoms with van der Waals surface area (Å²) < 4.78 is 66.0. The molecule has 2 N–H and O–H groups in total. The molecule has 0 amide bonds. The first-order chi connectivity index (χ1) is 27.3. The van der Waals surface area contributed by atoms with Crippen molar-refractivity contribution in [3.8, 4) is 0 Å². The maximum atomic E-state index is 8.66. The molecule has 0 atom stereocenters. The number of aliphatic hydroxyl groups excluding tert-OH is 2. The molecule has 0 radical (unpaired) electrons. The van der Waals surface area contributed by atoms with Gasteiger partial charge in [0.1, 0.15) is 0 Å². The molecule has 15 nitrogen and oxygen atoms in total. The Morgan fingerprint density at radius 2 is 0.473 bits per heavy atom. The lowest BCUT2D eigenvalue weighted by Gasteiger charge is -2.22. The Morgan fingerprint density at radius 1 is 0.255 bits per heavy atom. The highest BCUT2D eigenvalue weighted by Gasteiger charge is 2.06. The average molecular weight is 802 g/mol. The largest absolute Gasteiger partial charge is 0.394 e. The van der Waals surface area contributed by atoms with Gasteiger partial charge in [-0.25, -0.2) is 0 Å². The average Bonchev–Trinajstić information content (AvgIpc) is 3.20. The molecule has 0 rings (SSSR count). The second kappa shape index (κ2) is 51.4. The Bertz CT molecular complexity index is 673.